The van der Waals surface area contributed by atoms with E-state index in [4.69, 9.17) is 0 Å². The molecule has 0 bridgehead atoms. The van der Waals surface area contributed by atoms with E-state index in [2.05, 4.69) is 34.8 Å². The lowest BCUT2D eigenvalue weighted by molar-refractivity contribution is 0.0952. The van der Waals surface area contributed by atoms with Gasteiger partial charge >= 0.3 is 5.56 Å². The molecule has 15 heteroatoms. The minimum atomic E-state index is -3.46. The Kier molecular flexibility index (Phi) is 9.12. The minimum absolute atomic E-state index is 0.0826. The molecule has 0 aliphatic carbocycles. The highest BCUT2D eigenvalue weighted by molar-refractivity contribution is 7.85. The summed E-state index contributed by atoms with van der Waals surface area (Å²) in [6.45, 7) is 0.476. The van der Waals surface area contributed by atoms with E-state index in [0.29, 0.717) is 46.6 Å². The number of H-pyrrole nitrogens is 1. The van der Waals surface area contributed by atoms with Gasteiger partial charge in [0.1, 0.15) is 0 Å². The Morgan fingerprint density at radius 1 is 1.05 bits per heavy atom. The Labute approximate surface area is 248 Å². The molecule has 0 fully saturated rings. The predicted octanol–water partition coefficient (Wildman–Crippen LogP) is 5.31. The first-order valence-corrected chi connectivity index (χ1v) is 16.3. The first kappa shape index (κ1) is 29.2. The van der Waals surface area contributed by atoms with Crippen LogP contribution in [0.2, 0.25) is 0 Å². The molecule has 5 rings (SSSR count). The molecule has 3 aromatic heterocycles. The van der Waals surface area contributed by atoms with Gasteiger partial charge in [-0.15, -0.1) is 32.9 Å². The van der Waals surface area contributed by atoms with E-state index < -0.39 is 15.7 Å². The summed E-state index contributed by atoms with van der Waals surface area (Å²) in [5, 5.41) is 18.8. The lowest BCUT2D eigenvalue weighted by atomic mass is 10.1. The predicted molar refractivity (Wildman–Crippen MR) is 162 cm³/mol. The normalized spacial score (nSPS) is 11.7. The molecular formula is C27H25N7O5S3. The lowest BCUT2D eigenvalue weighted by Crippen LogP contribution is -2.24. The van der Waals surface area contributed by atoms with Crippen molar-refractivity contribution in [1.82, 2.24) is 25.1 Å². The maximum Gasteiger partial charge on any atom is 0.301 e. The number of unbranched alkanes of at least 4 members (excludes halogenated alkanes) is 1. The van der Waals surface area contributed by atoms with Crippen molar-refractivity contribution in [2.24, 2.45) is 10.2 Å². The number of nitrogens with zero attached hydrogens (tertiary/aromatic N) is 5. The van der Waals surface area contributed by atoms with Crippen LogP contribution in [0.4, 0.5) is 10.8 Å². The van der Waals surface area contributed by atoms with Crippen LogP contribution in [0.1, 0.15) is 23.2 Å². The summed E-state index contributed by atoms with van der Waals surface area (Å²) in [5.74, 6) is -0.240. The minimum Gasteiger partial charge on any atom is -0.352 e. The molecule has 0 atom stereocenters. The topological polar surface area (TPSA) is 161 Å². The first-order chi connectivity index (χ1) is 20.3. The number of nitrogens with one attached hydrogen (secondary N) is 2. The van der Waals surface area contributed by atoms with Gasteiger partial charge in [-0.05, 0) is 25.0 Å². The average Bonchev–Trinajstić information content (AvgIpc) is 3.75. The van der Waals surface area contributed by atoms with E-state index in [-0.39, 0.29) is 18.2 Å². The van der Waals surface area contributed by atoms with Crippen molar-refractivity contribution in [3.05, 3.63) is 87.5 Å². The lowest BCUT2D eigenvalue weighted by Gasteiger charge is -2.06. The fourth-order valence-corrected chi connectivity index (χ4v) is 5.52. The van der Waals surface area contributed by atoms with Crippen LogP contribution in [0.15, 0.2) is 86.6 Å². The van der Waals surface area contributed by atoms with Crippen molar-refractivity contribution in [3.8, 4) is 27.6 Å². The van der Waals surface area contributed by atoms with Crippen molar-refractivity contribution >= 4 is 49.5 Å². The molecule has 0 saturated carbocycles. The summed E-state index contributed by atoms with van der Waals surface area (Å²) in [6, 6.07) is 16.3. The molecule has 5 aromatic rings. The first-order valence-electron chi connectivity index (χ1n) is 12.7. The largest absolute Gasteiger partial charge is 0.352 e. The zero-order chi connectivity index (χ0) is 29.5. The Hall–Kier alpha value is -4.31. The number of hydrogen-bond donors (Lipinski definition) is 2. The van der Waals surface area contributed by atoms with Crippen LogP contribution in [0.5, 0.6) is 0 Å². The van der Waals surface area contributed by atoms with E-state index in [1.165, 1.54) is 27.4 Å². The molecule has 42 heavy (non-hydrogen) atoms. The SMILES string of the molecule is CS(=O)(=O)OCCCCNC(=O)c1ccc(-c2csc(-n3[nH]c(-c4ccccc4)c(N=Nc4nccs4)c3=O)n2)cc1. The second kappa shape index (κ2) is 13.1. The quantitative estimate of drug-likeness (QED) is 0.108. The molecule has 216 valence electrons. The Balaban J connectivity index is 1.30. The van der Waals surface area contributed by atoms with Crippen molar-refractivity contribution in [1.29, 1.82) is 0 Å². The van der Waals surface area contributed by atoms with Gasteiger partial charge in [0.25, 0.3) is 16.0 Å². The molecule has 0 unspecified atom stereocenters. The molecule has 0 aliphatic heterocycles. The molecule has 2 N–H and O–H groups in total. The zero-order valence-corrected chi connectivity index (χ0v) is 24.7. The third-order valence-electron chi connectivity index (χ3n) is 5.86. The number of aromatic amines is 1. The highest BCUT2D eigenvalue weighted by atomic mass is 32.2. The number of amides is 1. The molecule has 2 aromatic carbocycles. The number of hydrogen-bond acceptors (Lipinski definition) is 11. The van der Waals surface area contributed by atoms with Gasteiger partial charge < -0.3 is 5.32 Å². The van der Waals surface area contributed by atoms with Crippen molar-refractivity contribution in [2.45, 2.75) is 12.8 Å². The van der Waals surface area contributed by atoms with E-state index >= 15 is 0 Å². The number of carbonyl (C=O) groups excluding carboxylic acids is 1. The summed E-state index contributed by atoms with van der Waals surface area (Å²) in [6.07, 6.45) is 3.71. The Morgan fingerprint density at radius 2 is 1.83 bits per heavy atom. The van der Waals surface area contributed by atoms with Crippen LogP contribution in [0.25, 0.3) is 27.6 Å². The molecule has 0 aliphatic rings. The molecule has 0 saturated heterocycles. The fourth-order valence-electron chi connectivity index (χ4n) is 3.85. The summed E-state index contributed by atoms with van der Waals surface area (Å²) >= 11 is 2.60. The van der Waals surface area contributed by atoms with Gasteiger partial charge in [0.15, 0.2) is 5.69 Å². The smallest absolute Gasteiger partial charge is 0.301 e. The monoisotopic (exact) mass is 623 g/mol. The molecular weight excluding hydrogens is 599 g/mol. The van der Waals surface area contributed by atoms with Crippen molar-refractivity contribution < 1.29 is 17.4 Å². The van der Waals surface area contributed by atoms with Gasteiger partial charge in [0.2, 0.25) is 10.3 Å². The van der Waals surface area contributed by atoms with Gasteiger partial charge in [0.05, 0.1) is 24.3 Å². The average molecular weight is 624 g/mol. The third-order valence-corrected chi connectivity index (χ3v) is 7.94. The van der Waals surface area contributed by atoms with Crippen molar-refractivity contribution in [3.63, 3.8) is 0 Å². The summed E-state index contributed by atoms with van der Waals surface area (Å²) in [4.78, 5) is 34.7. The molecule has 3 heterocycles. The van der Waals surface area contributed by atoms with Crippen LogP contribution < -0.4 is 10.9 Å². The fraction of sp³-hybridized carbons (Fsp3) is 0.185. The molecule has 1 amide bonds. The summed E-state index contributed by atoms with van der Waals surface area (Å²) in [7, 11) is -3.46. The van der Waals surface area contributed by atoms with Crippen LogP contribution in [-0.4, -0.2) is 53.5 Å². The highest BCUT2D eigenvalue weighted by Crippen LogP contribution is 2.30. The molecule has 0 radical (unpaired) electrons. The number of aromatic nitrogens is 4. The van der Waals surface area contributed by atoms with Crippen molar-refractivity contribution in [2.75, 3.05) is 19.4 Å². The number of carbonyl (C=O) groups is 1. The number of thiazole rings is 2. The third kappa shape index (κ3) is 7.30. The van der Waals surface area contributed by atoms with Crippen LogP contribution in [0, 0.1) is 0 Å². The van der Waals surface area contributed by atoms with Gasteiger partial charge in [-0.2, -0.15) is 13.1 Å². The van der Waals surface area contributed by atoms with Gasteiger partial charge in [0, 0.05) is 40.2 Å². The van der Waals surface area contributed by atoms with Crippen LogP contribution >= 0.6 is 22.7 Å². The number of benzene rings is 2. The Morgan fingerprint density at radius 3 is 2.55 bits per heavy atom. The van der Waals surface area contributed by atoms with E-state index in [0.717, 1.165) is 17.4 Å². The van der Waals surface area contributed by atoms with E-state index in [9.17, 15) is 18.0 Å². The number of azo groups is 1. The Bertz CT molecular complexity index is 1840. The van der Waals surface area contributed by atoms with Gasteiger partial charge in [-0.1, -0.05) is 42.5 Å². The second-order valence-electron chi connectivity index (χ2n) is 8.94. The molecule has 12 nitrogen and oxygen atoms in total. The van der Waals surface area contributed by atoms with Crippen LogP contribution in [0.3, 0.4) is 0 Å². The van der Waals surface area contributed by atoms with Gasteiger partial charge in [-0.25, -0.2) is 9.97 Å². The maximum absolute atomic E-state index is 13.4. The van der Waals surface area contributed by atoms with E-state index in [1.807, 2.05) is 35.7 Å². The van der Waals surface area contributed by atoms with Gasteiger partial charge in [-0.3, -0.25) is 18.9 Å². The molecule has 0 spiro atoms. The highest BCUT2D eigenvalue weighted by Gasteiger charge is 2.19. The zero-order valence-electron chi connectivity index (χ0n) is 22.3. The summed E-state index contributed by atoms with van der Waals surface area (Å²) < 4.78 is 28.0. The standard InChI is InChI=1S/C27H25N7O5S3/c1-42(37,38)39-15-6-5-13-28-24(35)20-11-9-18(10-12-20)21-17-41-27(30-21)34-25(36)23(31-32-26-29-14-16-40-26)22(33-34)19-7-3-2-4-8-19/h2-4,7-12,14,16-17,33H,5-6,13,15H2,1H3,(H,28,35). The van der Waals surface area contributed by atoms with E-state index in [1.54, 1.807) is 35.8 Å². The second-order valence-corrected chi connectivity index (χ2v) is 12.3. The van der Waals surface area contributed by atoms with Crippen LogP contribution in [-0.2, 0) is 14.3 Å². The summed E-state index contributed by atoms with van der Waals surface area (Å²) in [5.41, 5.74) is 2.92. The number of rotatable bonds is 12. The maximum atomic E-state index is 13.4.